The Labute approximate surface area is 247 Å². The number of nitrogens with zero attached hydrogens (tertiary/aromatic N) is 4. The van der Waals surface area contributed by atoms with Gasteiger partial charge >= 0.3 is 0 Å². The van der Waals surface area contributed by atoms with Crippen LogP contribution >= 0.6 is 23.2 Å². The lowest BCUT2D eigenvalue weighted by Gasteiger charge is -2.48. The van der Waals surface area contributed by atoms with Gasteiger partial charge in [-0.2, -0.15) is 0 Å². The van der Waals surface area contributed by atoms with Crippen molar-refractivity contribution in [2.24, 2.45) is 11.3 Å². The van der Waals surface area contributed by atoms with Crippen molar-refractivity contribution in [3.63, 3.8) is 0 Å². The second-order valence-electron chi connectivity index (χ2n) is 10.8. The van der Waals surface area contributed by atoms with E-state index in [1.54, 1.807) is 12.3 Å². The van der Waals surface area contributed by atoms with Crippen molar-refractivity contribution in [3.8, 4) is 22.8 Å². The lowest BCUT2D eigenvalue weighted by molar-refractivity contribution is -0.115. The van der Waals surface area contributed by atoms with Gasteiger partial charge in [-0.15, -0.1) is 0 Å². The van der Waals surface area contributed by atoms with Gasteiger partial charge in [0, 0.05) is 60.7 Å². The third-order valence-corrected chi connectivity index (χ3v) is 8.87. The van der Waals surface area contributed by atoms with Gasteiger partial charge in [0.25, 0.3) is 0 Å². The Morgan fingerprint density at radius 2 is 1.93 bits per heavy atom. The summed E-state index contributed by atoms with van der Waals surface area (Å²) in [6.07, 6.45) is 4.48. The van der Waals surface area contributed by atoms with Crippen molar-refractivity contribution in [1.29, 1.82) is 0 Å². The van der Waals surface area contributed by atoms with Gasteiger partial charge in [0.05, 0.1) is 55.8 Å². The highest BCUT2D eigenvalue weighted by molar-refractivity contribution is 6.41. The number of ketones is 1. The number of ether oxygens (including phenoxy) is 4. The van der Waals surface area contributed by atoms with Gasteiger partial charge in [0.15, 0.2) is 11.6 Å². The smallest absolute Gasteiger partial charge is 0.223 e. The molecule has 10 nitrogen and oxygen atoms in total. The number of hydrogen-bond acceptors (Lipinski definition) is 10. The number of carbonyl (C=O) groups is 1. The number of nitrogens with one attached hydrogen (secondary N) is 1. The standard InChI is InChI=1S/C29H31Cl2N5O5/c1-4-18(37)7-17-11-41-12-20(17)34-28-32-10-16-8-19(23-24(30)21(38-2)9-22(39-3)25(23)31)33-27(26(16)35-28)36-13-29(14-36)5-6-40-15-29/h4,8-10,17,20H,1,5-7,11-15H2,2-3H3,(H,32,34,35)/t17-,20+/m0/s1. The van der Waals surface area contributed by atoms with E-state index in [-0.39, 0.29) is 23.2 Å². The van der Waals surface area contributed by atoms with Crippen molar-refractivity contribution < 1.29 is 23.7 Å². The van der Waals surface area contributed by atoms with Crippen LogP contribution < -0.4 is 19.7 Å². The van der Waals surface area contributed by atoms with Gasteiger partial charge in [-0.05, 0) is 18.6 Å². The average molecular weight is 601 g/mol. The van der Waals surface area contributed by atoms with Crippen LogP contribution in [-0.4, -0.2) is 80.5 Å². The summed E-state index contributed by atoms with van der Waals surface area (Å²) in [4.78, 5) is 28.8. The molecular formula is C29H31Cl2N5O5. The molecule has 12 heteroatoms. The Morgan fingerprint density at radius 1 is 1.17 bits per heavy atom. The average Bonchev–Trinajstić information content (AvgIpc) is 3.62. The molecule has 3 saturated heterocycles. The molecule has 1 aromatic carbocycles. The van der Waals surface area contributed by atoms with E-state index in [1.807, 2.05) is 6.07 Å². The maximum atomic E-state index is 12.0. The second-order valence-corrected chi connectivity index (χ2v) is 11.6. The summed E-state index contributed by atoms with van der Waals surface area (Å²) in [7, 11) is 3.08. The number of fused-ring (bicyclic) bond motifs is 1. The monoisotopic (exact) mass is 599 g/mol. The van der Waals surface area contributed by atoms with Gasteiger partial charge in [0.2, 0.25) is 5.95 Å². The van der Waals surface area contributed by atoms with Crippen LogP contribution in [0, 0.1) is 11.3 Å². The van der Waals surface area contributed by atoms with E-state index >= 15 is 0 Å². The number of allylic oxidation sites excluding steroid dienone is 1. The number of anilines is 2. The number of pyridine rings is 1. The summed E-state index contributed by atoms with van der Waals surface area (Å²) in [5.74, 6) is 1.99. The zero-order chi connectivity index (χ0) is 28.7. The van der Waals surface area contributed by atoms with Crippen LogP contribution in [0.1, 0.15) is 12.8 Å². The summed E-state index contributed by atoms with van der Waals surface area (Å²) in [5.41, 5.74) is 1.88. The molecule has 41 heavy (non-hydrogen) atoms. The van der Waals surface area contributed by atoms with E-state index in [1.165, 1.54) is 20.3 Å². The van der Waals surface area contributed by atoms with Gasteiger partial charge < -0.3 is 29.2 Å². The lowest BCUT2D eigenvalue weighted by Crippen LogP contribution is -2.57. The molecule has 0 amide bonds. The Morgan fingerprint density at radius 3 is 2.59 bits per heavy atom. The van der Waals surface area contributed by atoms with E-state index in [4.69, 9.17) is 52.1 Å². The van der Waals surface area contributed by atoms with Crippen molar-refractivity contribution >= 4 is 51.7 Å². The Hall–Kier alpha value is -3.18. The van der Waals surface area contributed by atoms with Crippen LogP contribution in [-0.2, 0) is 14.3 Å². The number of aromatic nitrogens is 3. The highest BCUT2D eigenvalue weighted by Crippen LogP contribution is 2.48. The van der Waals surface area contributed by atoms with Crippen molar-refractivity contribution in [2.45, 2.75) is 18.9 Å². The van der Waals surface area contributed by atoms with E-state index < -0.39 is 0 Å². The second kappa shape index (κ2) is 11.2. The van der Waals surface area contributed by atoms with Gasteiger partial charge in [-0.1, -0.05) is 29.8 Å². The molecule has 0 radical (unpaired) electrons. The molecule has 0 saturated carbocycles. The topological polar surface area (TPSA) is 108 Å². The highest BCUT2D eigenvalue weighted by atomic mass is 35.5. The molecule has 3 aliphatic rings. The predicted octanol–water partition coefficient (Wildman–Crippen LogP) is 4.81. The van der Waals surface area contributed by atoms with Crippen molar-refractivity contribution in [3.05, 3.63) is 41.0 Å². The molecule has 5 heterocycles. The quantitative estimate of drug-likeness (QED) is 0.344. The minimum atomic E-state index is -0.100. The number of hydrogen-bond donors (Lipinski definition) is 1. The number of halogens is 2. The predicted molar refractivity (Wildman–Crippen MR) is 158 cm³/mol. The van der Waals surface area contributed by atoms with Crippen molar-refractivity contribution in [1.82, 2.24) is 15.0 Å². The number of rotatable bonds is 9. The molecular weight excluding hydrogens is 569 g/mol. The highest BCUT2D eigenvalue weighted by Gasteiger charge is 2.47. The molecule has 2 aromatic heterocycles. The fourth-order valence-electron chi connectivity index (χ4n) is 5.83. The summed E-state index contributed by atoms with van der Waals surface area (Å²) in [6, 6.07) is 3.42. The fourth-order valence-corrected chi connectivity index (χ4v) is 6.52. The number of benzene rings is 1. The third-order valence-electron chi connectivity index (χ3n) is 8.12. The molecule has 6 rings (SSSR count). The minimum Gasteiger partial charge on any atom is -0.495 e. The van der Waals surface area contributed by atoms with Crippen LogP contribution in [0.4, 0.5) is 11.8 Å². The molecule has 0 aliphatic carbocycles. The molecule has 2 atom stereocenters. The first-order valence-corrected chi connectivity index (χ1v) is 14.2. The van der Waals surface area contributed by atoms with E-state index in [9.17, 15) is 4.79 Å². The normalized spacial score (nSPS) is 21.2. The summed E-state index contributed by atoms with van der Waals surface area (Å²) in [6.45, 7) is 7.65. The Kier molecular flexibility index (Phi) is 7.67. The van der Waals surface area contributed by atoms with Crippen molar-refractivity contribution in [2.75, 3.05) is 64.0 Å². The Bertz CT molecular complexity index is 1480. The third kappa shape index (κ3) is 5.18. The van der Waals surface area contributed by atoms with Crippen LogP contribution in [0.5, 0.6) is 11.5 Å². The van der Waals surface area contributed by atoms with Crippen LogP contribution in [0.2, 0.25) is 10.0 Å². The van der Waals surface area contributed by atoms with E-state index in [2.05, 4.69) is 21.8 Å². The van der Waals surface area contributed by atoms with Gasteiger partial charge in [-0.25, -0.2) is 15.0 Å². The minimum absolute atomic E-state index is 0.00435. The number of methoxy groups -OCH3 is 2. The lowest BCUT2D eigenvalue weighted by atomic mass is 9.79. The molecule has 0 bridgehead atoms. The maximum Gasteiger partial charge on any atom is 0.223 e. The molecule has 216 valence electrons. The fraction of sp³-hybridized carbons (Fsp3) is 0.448. The first kappa shape index (κ1) is 28.0. The molecule has 1 spiro atoms. The number of carbonyl (C=O) groups excluding carboxylic acids is 1. The largest absolute Gasteiger partial charge is 0.495 e. The molecule has 3 fully saturated rings. The molecule has 1 N–H and O–H groups in total. The zero-order valence-electron chi connectivity index (χ0n) is 22.9. The zero-order valence-corrected chi connectivity index (χ0v) is 24.4. The van der Waals surface area contributed by atoms with E-state index in [0.717, 1.165) is 38.1 Å². The van der Waals surface area contributed by atoms with E-state index in [0.29, 0.717) is 69.7 Å². The summed E-state index contributed by atoms with van der Waals surface area (Å²) < 4.78 is 22.3. The maximum absolute atomic E-state index is 12.0. The Balaban J connectivity index is 1.41. The van der Waals surface area contributed by atoms with Crippen LogP contribution in [0.3, 0.4) is 0 Å². The van der Waals surface area contributed by atoms with Crippen LogP contribution in [0.15, 0.2) is 31.0 Å². The SMILES string of the molecule is C=CC(=O)C[C@H]1COC[C@H]1Nc1ncc2cc(-c3c(Cl)c(OC)cc(OC)c3Cl)nc(N3CC4(CCOC4)C3)c2n1. The van der Waals surface area contributed by atoms with Gasteiger partial charge in [0.1, 0.15) is 17.0 Å². The first-order valence-electron chi connectivity index (χ1n) is 13.4. The summed E-state index contributed by atoms with van der Waals surface area (Å²) >= 11 is 13.5. The summed E-state index contributed by atoms with van der Waals surface area (Å²) in [5, 5.41) is 4.82. The van der Waals surface area contributed by atoms with Crippen LogP contribution in [0.25, 0.3) is 22.2 Å². The van der Waals surface area contributed by atoms with Gasteiger partial charge in [-0.3, -0.25) is 4.79 Å². The first-order chi connectivity index (χ1) is 19.8. The molecule has 3 aromatic rings. The molecule has 0 unspecified atom stereocenters. The molecule has 3 aliphatic heterocycles.